The van der Waals surface area contributed by atoms with Crippen LogP contribution < -0.4 is 0 Å². The lowest BCUT2D eigenvalue weighted by atomic mass is 10.0. The van der Waals surface area contributed by atoms with Crippen molar-refractivity contribution in [1.82, 2.24) is 0 Å². The number of phenolic OH excluding ortho intramolecular Hbond substituents is 1. The van der Waals surface area contributed by atoms with Gasteiger partial charge in [-0.3, -0.25) is 4.79 Å². The molecule has 0 amide bonds. The number of rotatable bonds is 4. The zero-order valence-electron chi connectivity index (χ0n) is 8.60. The van der Waals surface area contributed by atoms with Gasteiger partial charge in [-0.05, 0) is 18.1 Å². The molecular weight excluding hydrogens is 192 g/mol. The number of carbonyl (C=O) groups is 1. The Bertz CT molecular complexity index is 380. The SMILES string of the molecule is CC/C(=C\CC(=O)O)c1ccccc1O. The Labute approximate surface area is 88.7 Å². The molecular formula is C12H14O3. The molecule has 3 heteroatoms. The topological polar surface area (TPSA) is 57.5 Å². The molecule has 15 heavy (non-hydrogen) atoms. The summed E-state index contributed by atoms with van der Waals surface area (Å²) in [7, 11) is 0. The first-order valence-electron chi connectivity index (χ1n) is 4.84. The average Bonchev–Trinajstić information content (AvgIpc) is 2.21. The molecule has 0 unspecified atom stereocenters. The van der Waals surface area contributed by atoms with Crippen LogP contribution in [-0.4, -0.2) is 16.2 Å². The van der Waals surface area contributed by atoms with Gasteiger partial charge in [0.05, 0.1) is 6.42 Å². The second kappa shape index (κ2) is 5.20. The molecule has 1 rings (SSSR count). The van der Waals surface area contributed by atoms with Gasteiger partial charge >= 0.3 is 5.97 Å². The fraction of sp³-hybridized carbons (Fsp3) is 0.250. The summed E-state index contributed by atoms with van der Waals surface area (Å²) in [6.07, 6.45) is 2.32. The molecule has 0 saturated carbocycles. The molecule has 0 spiro atoms. The van der Waals surface area contributed by atoms with E-state index in [4.69, 9.17) is 5.11 Å². The first-order chi connectivity index (χ1) is 7.15. The van der Waals surface area contributed by atoms with Crippen LogP contribution in [0.3, 0.4) is 0 Å². The van der Waals surface area contributed by atoms with E-state index in [-0.39, 0.29) is 12.2 Å². The largest absolute Gasteiger partial charge is 0.507 e. The maximum atomic E-state index is 10.4. The van der Waals surface area contributed by atoms with Gasteiger partial charge in [0.1, 0.15) is 5.75 Å². The number of benzene rings is 1. The third-order valence-electron chi connectivity index (χ3n) is 2.15. The zero-order valence-corrected chi connectivity index (χ0v) is 8.60. The van der Waals surface area contributed by atoms with Crippen LogP contribution in [0.5, 0.6) is 5.75 Å². The van der Waals surface area contributed by atoms with Crippen molar-refractivity contribution >= 4 is 11.5 Å². The molecule has 80 valence electrons. The standard InChI is InChI=1S/C12H14O3/c1-2-9(7-8-12(14)15)10-5-3-4-6-11(10)13/h3-7,13H,2,8H2,1H3,(H,14,15)/b9-7+. The quantitative estimate of drug-likeness (QED) is 0.796. The van der Waals surface area contributed by atoms with Gasteiger partial charge in [-0.25, -0.2) is 0 Å². The van der Waals surface area contributed by atoms with Crippen LogP contribution in [0.25, 0.3) is 5.57 Å². The molecule has 0 atom stereocenters. The van der Waals surface area contributed by atoms with Crippen molar-refractivity contribution in [3.8, 4) is 5.75 Å². The van der Waals surface area contributed by atoms with E-state index in [1.54, 1.807) is 24.3 Å². The van der Waals surface area contributed by atoms with Crippen LogP contribution in [-0.2, 0) is 4.79 Å². The molecule has 0 aromatic heterocycles. The third-order valence-corrected chi connectivity index (χ3v) is 2.15. The van der Waals surface area contributed by atoms with Crippen LogP contribution >= 0.6 is 0 Å². The van der Waals surface area contributed by atoms with E-state index in [0.717, 1.165) is 5.57 Å². The summed E-state index contributed by atoms with van der Waals surface area (Å²) in [5, 5.41) is 18.2. The molecule has 1 aromatic carbocycles. The summed E-state index contributed by atoms with van der Waals surface area (Å²) in [5.74, 6) is -0.674. The number of hydrogen-bond donors (Lipinski definition) is 2. The van der Waals surface area contributed by atoms with Crippen LogP contribution in [0.4, 0.5) is 0 Å². The van der Waals surface area contributed by atoms with E-state index in [9.17, 15) is 9.90 Å². The Balaban J connectivity index is 2.97. The summed E-state index contributed by atoms with van der Waals surface area (Å²) in [6, 6.07) is 6.94. The Hall–Kier alpha value is -1.77. The lowest BCUT2D eigenvalue weighted by Gasteiger charge is -2.06. The highest BCUT2D eigenvalue weighted by Gasteiger charge is 2.04. The monoisotopic (exact) mass is 206 g/mol. The van der Waals surface area contributed by atoms with Gasteiger partial charge in [-0.1, -0.05) is 31.2 Å². The molecule has 1 aromatic rings. The van der Waals surface area contributed by atoms with Crippen molar-refractivity contribution in [2.45, 2.75) is 19.8 Å². The molecule has 0 bridgehead atoms. The number of aromatic hydroxyl groups is 1. The fourth-order valence-corrected chi connectivity index (χ4v) is 1.40. The number of aliphatic carboxylic acids is 1. The van der Waals surface area contributed by atoms with Crippen LogP contribution in [0, 0.1) is 0 Å². The van der Waals surface area contributed by atoms with Gasteiger partial charge in [0.25, 0.3) is 0 Å². The number of carboxylic acids is 1. The summed E-state index contributed by atoms with van der Waals surface area (Å²) >= 11 is 0. The van der Waals surface area contributed by atoms with Crippen molar-refractivity contribution in [2.24, 2.45) is 0 Å². The van der Waals surface area contributed by atoms with Gasteiger partial charge < -0.3 is 10.2 Å². The second-order valence-electron chi connectivity index (χ2n) is 3.20. The van der Waals surface area contributed by atoms with Crippen molar-refractivity contribution in [3.05, 3.63) is 35.9 Å². The van der Waals surface area contributed by atoms with Crippen molar-refractivity contribution in [3.63, 3.8) is 0 Å². The van der Waals surface area contributed by atoms with E-state index >= 15 is 0 Å². The molecule has 0 fully saturated rings. The average molecular weight is 206 g/mol. The van der Waals surface area contributed by atoms with Crippen molar-refractivity contribution in [1.29, 1.82) is 0 Å². The summed E-state index contributed by atoms with van der Waals surface area (Å²) in [4.78, 5) is 10.4. The maximum Gasteiger partial charge on any atom is 0.307 e. The summed E-state index contributed by atoms with van der Waals surface area (Å²) in [6.45, 7) is 1.93. The number of phenols is 1. The summed E-state index contributed by atoms with van der Waals surface area (Å²) < 4.78 is 0. The molecule has 0 heterocycles. The van der Waals surface area contributed by atoms with Crippen molar-refractivity contribution in [2.75, 3.05) is 0 Å². The Kier molecular flexibility index (Phi) is 3.92. The molecule has 0 aliphatic rings. The van der Waals surface area contributed by atoms with E-state index in [1.165, 1.54) is 0 Å². The number of carboxylic acid groups (broad SMARTS) is 1. The van der Waals surface area contributed by atoms with Crippen LogP contribution in [0.1, 0.15) is 25.3 Å². The van der Waals surface area contributed by atoms with Gasteiger partial charge in [-0.15, -0.1) is 0 Å². The zero-order chi connectivity index (χ0) is 11.3. The minimum atomic E-state index is -0.864. The Morgan fingerprint density at radius 2 is 2.07 bits per heavy atom. The van der Waals surface area contributed by atoms with Gasteiger partial charge in [0.15, 0.2) is 0 Å². The van der Waals surface area contributed by atoms with E-state index < -0.39 is 5.97 Å². The van der Waals surface area contributed by atoms with Crippen LogP contribution in [0.2, 0.25) is 0 Å². The number of allylic oxidation sites excluding steroid dienone is 1. The maximum absolute atomic E-state index is 10.4. The predicted molar refractivity (Wildman–Crippen MR) is 58.6 cm³/mol. The molecule has 0 aliphatic heterocycles. The molecule has 2 N–H and O–H groups in total. The lowest BCUT2D eigenvalue weighted by Crippen LogP contribution is -1.92. The predicted octanol–water partition coefficient (Wildman–Crippen LogP) is 2.66. The highest BCUT2D eigenvalue weighted by Crippen LogP contribution is 2.26. The smallest absolute Gasteiger partial charge is 0.307 e. The van der Waals surface area contributed by atoms with Gasteiger partial charge in [-0.2, -0.15) is 0 Å². The first-order valence-corrected chi connectivity index (χ1v) is 4.84. The highest BCUT2D eigenvalue weighted by molar-refractivity contribution is 5.75. The fourth-order valence-electron chi connectivity index (χ4n) is 1.40. The normalized spacial score (nSPS) is 11.4. The third kappa shape index (κ3) is 3.13. The van der Waals surface area contributed by atoms with Gasteiger partial charge in [0, 0.05) is 5.56 Å². The highest BCUT2D eigenvalue weighted by atomic mass is 16.4. The Morgan fingerprint density at radius 1 is 1.40 bits per heavy atom. The Morgan fingerprint density at radius 3 is 2.60 bits per heavy atom. The van der Waals surface area contributed by atoms with Gasteiger partial charge in [0.2, 0.25) is 0 Å². The molecule has 0 radical (unpaired) electrons. The van der Waals surface area contributed by atoms with E-state index in [2.05, 4.69) is 0 Å². The molecule has 0 aliphatic carbocycles. The number of para-hydroxylation sites is 1. The number of hydrogen-bond acceptors (Lipinski definition) is 2. The van der Waals surface area contributed by atoms with Crippen molar-refractivity contribution < 1.29 is 15.0 Å². The minimum Gasteiger partial charge on any atom is -0.507 e. The first kappa shape index (κ1) is 11.3. The lowest BCUT2D eigenvalue weighted by molar-refractivity contribution is -0.135. The molecule has 3 nitrogen and oxygen atoms in total. The van der Waals surface area contributed by atoms with E-state index in [0.29, 0.717) is 12.0 Å². The van der Waals surface area contributed by atoms with E-state index in [1.807, 2.05) is 13.0 Å². The second-order valence-corrected chi connectivity index (χ2v) is 3.20. The summed E-state index contributed by atoms with van der Waals surface area (Å²) in [5.41, 5.74) is 1.57. The van der Waals surface area contributed by atoms with Crippen LogP contribution in [0.15, 0.2) is 30.3 Å². The minimum absolute atomic E-state index is 0.0164. The molecule has 0 saturated heterocycles.